The molecule has 0 saturated carbocycles. The molecule has 0 aromatic heterocycles. The van der Waals surface area contributed by atoms with Gasteiger partial charge in [-0.2, -0.15) is 4.72 Å². The molecule has 1 fully saturated rings. The van der Waals surface area contributed by atoms with Gasteiger partial charge in [0.25, 0.3) is 5.91 Å². The number of morpholine rings is 1. The Labute approximate surface area is 163 Å². The first-order valence-electron chi connectivity index (χ1n) is 8.51. The molecule has 0 aliphatic carbocycles. The molecular weight excluding hydrogens is 396 g/mol. The maximum atomic E-state index is 12.5. The summed E-state index contributed by atoms with van der Waals surface area (Å²) < 4.78 is 37.6. The second-order valence-electron chi connectivity index (χ2n) is 6.40. The van der Waals surface area contributed by atoms with Gasteiger partial charge in [0.15, 0.2) is 6.61 Å². The molecule has 0 bridgehead atoms. The lowest BCUT2D eigenvalue weighted by molar-refractivity contribution is -0.155. The zero-order valence-electron chi connectivity index (χ0n) is 15.2. The molecule has 27 heavy (non-hydrogen) atoms. The summed E-state index contributed by atoms with van der Waals surface area (Å²) in [5.74, 6) is -1.52. The van der Waals surface area contributed by atoms with Gasteiger partial charge in [-0.3, -0.25) is 9.59 Å². The minimum atomic E-state index is -3.95. The Kier molecular flexibility index (Phi) is 7.60. The SMILES string of the molecule is CC(C)[C@H](NS(=O)(=O)c1ccc(Cl)cc1)C(=O)OCC(=O)N1CCOCC1. The molecule has 1 aromatic rings. The van der Waals surface area contributed by atoms with E-state index in [1.165, 1.54) is 24.3 Å². The largest absolute Gasteiger partial charge is 0.454 e. The fraction of sp³-hybridized carbons (Fsp3) is 0.529. The predicted octanol–water partition coefficient (Wildman–Crippen LogP) is 1.04. The normalized spacial score (nSPS) is 16.2. The third-order valence-corrected chi connectivity index (χ3v) is 5.74. The molecule has 0 unspecified atom stereocenters. The number of nitrogens with one attached hydrogen (secondary N) is 1. The van der Waals surface area contributed by atoms with Crippen molar-refractivity contribution in [3.63, 3.8) is 0 Å². The fourth-order valence-electron chi connectivity index (χ4n) is 2.43. The minimum absolute atomic E-state index is 0.0188. The Morgan fingerprint density at radius 2 is 1.81 bits per heavy atom. The van der Waals surface area contributed by atoms with Crippen LogP contribution in [0.3, 0.4) is 0 Å². The summed E-state index contributed by atoms with van der Waals surface area (Å²) in [7, 11) is -3.95. The van der Waals surface area contributed by atoms with E-state index in [-0.39, 0.29) is 16.7 Å². The van der Waals surface area contributed by atoms with Crippen molar-refractivity contribution in [3.8, 4) is 0 Å². The number of ether oxygens (including phenoxy) is 2. The lowest BCUT2D eigenvalue weighted by Gasteiger charge is -2.27. The van der Waals surface area contributed by atoms with Crippen molar-refractivity contribution < 1.29 is 27.5 Å². The molecule has 1 aliphatic rings. The minimum Gasteiger partial charge on any atom is -0.454 e. The first-order chi connectivity index (χ1) is 12.7. The molecule has 1 heterocycles. The molecule has 0 radical (unpaired) electrons. The molecule has 1 N–H and O–H groups in total. The van der Waals surface area contributed by atoms with Crippen LogP contribution in [0.25, 0.3) is 0 Å². The van der Waals surface area contributed by atoms with Crippen LogP contribution in [0.5, 0.6) is 0 Å². The number of sulfonamides is 1. The van der Waals surface area contributed by atoms with Crippen molar-refractivity contribution in [2.45, 2.75) is 24.8 Å². The van der Waals surface area contributed by atoms with E-state index >= 15 is 0 Å². The smallest absolute Gasteiger partial charge is 0.324 e. The maximum Gasteiger partial charge on any atom is 0.324 e. The zero-order chi connectivity index (χ0) is 20.0. The molecule has 1 amide bonds. The number of halogens is 1. The van der Waals surface area contributed by atoms with E-state index in [1.54, 1.807) is 18.7 Å². The summed E-state index contributed by atoms with van der Waals surface area (Å²) in [6, 6.07) is 4.45. The van der Waals surface area contributed by atoms with Gasteiger partial charge in [0.2, 0.25) is 10.0 Å². The molecule has 2 rings (SSSR count). The topological polar surface area (TPSA) is 102 Å². The highest BCUT2D eigenvalue weighted by Crippen LogP contribution is 2.16. The van der Waals surface area contributed by atoms with Gasteiger partial charge in [-0.15, -0.1) is 0 Å². The summed E-state index contributed by atoms with van der Waals surface area (Å²) >= 11 is 5.77. The van der Waals surface area contributed by atoms with Crippen LogP contribution in [-0.4, -0.2) is 64.1 Å². The first-order valence-corrected chi connectivity index (χ1v) is 10.4. The quantitative estimate of drug-likeness (QED) is 0.664. The van der Waals surface area contributed by atoms with Crippen molar-refractivity contribution >= 4 is 33.5 Å². The number of carbonyl (C=O) groups excluding carboxylic acids is 2. The predicted molar refractivity (Wildman–Crippen MR) is 98.8 cm³/mol. The Morgan fingerprint density at radius 3 is 2.37 bits per heavy atom. The summed E-state index contributed by atoms with van der Waals surface area (Å²) in [6.07, 6.45) is 0. The van der Waals surface area contributed by atoms with E-state index in [9.17, 15) is 18.0 Å². The lowest BCUT2D eigenvalue weighted by Crippen LogP contribution is -2.47. The van der Waals surface area contributed by atoms with Crippen molar-refractivity contribution in [2.75, 3.05) is 32.9 Å². The van der Waals surface area contributed by atoms with Crippen molar-refractivity contribution in [1.29, 1.82) is 0 Å². The van der Waals surface area contributed by atoms with Crippen molar-refractivity contribution in [2.24, 2.45) is 5.92 Å². The van der Waals surface area contributed by atoms with Crippen LogP contribution < -0.4 is 4.72 Å². The third kappa shape index (κ3) is 6.17. The van der Waals surface area contributed by atoms with Gasteiger partial charge in [0.1, 0.15) is 6.04 Å². The van der Waals surface area contributed by atoms with Crippen molar-refractivity contribution in [3.05, 3.63) is 29.3 Å². The summed E-state index contributed by atoms with van der Waals surface area (Å²) in [5, 5.41) is 0.399. The highest BCUT2D eigenvalue weighted by molar-refractivity contribution is 7.89. The van der Waals surface area contributed by atoms with Gasteiger partial charge in [-0.05, 0) is 30.2 Å². The molecule has 8 nitrogen and oxygen atoms in total. The molecule has 1 atom stereocenters. The number of nitrogens with zero attached hydrogens (tertiary/aromatic N) is 1. The van der Waals surface area contributed by atoms with E-state index < -0.39 is 28.6 Å². The zero-order valence-corrected chi connectivity index (χ0v) is 16.8. The van der Waals surface area contributed by atoms with Crippen LogP contribution in [0.2, 0.25) is 5.02 Å². The van der Waals surface area contributed by atoms with E-state index in [0.29, 0.717) is 31.3 Å². The van der Waals surface area contributed by atoms with Crippen LogP contribution >= 0.6 is 11.6 Å². The van der Waals surface area contributed by atoms with E-state index in [0.717, 1.165) is 0 Å². The van der Waals surface area contributed by atoms with Crippen LogP contribution in [0.1, 0.15) is 13.8 Å². The Bertz CT molecular complexity index is 760. The number of hydrogen-bond acceptors (Lipinski definition) is 6. The second kappa shape index (κ2) is 9.50. The highest BCUT2D eigenvalue weighted by atomic mass is 35.5. The van der Waals surface area contributed by atoms with Crippen molar-refractivity contribution in [1.82, 2.24) is 9.62 Å². The third-order valence-electron chi connectivity index (χ3n) is 4.03. The standard InChI is InChI=1S/C17H23ClN2O6S/c1-12(2)16(19-27(23,24)14-5-3-13(18)4-6-14)17(22)26-11-15(21)20-7-9-25-10-8-20/h3-6,12,16,19H,7-11H2,1-2H3/t16-/m0/s1. The van der Waals surface area contributed by atoms with Crippen LogP contribution in [0.4, 0.5) is 0 Å². The molecule has 10 heteroatoms. The Morgan fingerprint density at radius 1 is 1.22 bits per heavy atom. The number of esters is 1. The van der Waals surface area contributed by atoms with Gasteiger partial charge in [-0.25, -0.2) is 8.42 Å². The number of carbonyl (C=O) groups is 2. The molecule has 150 valence electrons. The fourth-order valence-corrected chi connectivity index (χ4v) is 3.89. The molecule has 0 spiro atoms. The number of rotatable bonds is 7. The first kappa shape index (κ1) is 21.6. The van der Waals surface area contributed by atoms with Gasteiger partial charge in [0, 0.05) is 18.1 Å². The highest BCUT2D eigenvalue weighted by Gasteiger charge is 2.30. The summed E-state index contributed by atoms with van der Waals surface area (Å²) in [6.45, 7) is 4.68. The second-order valence-corrected chi connectivity index (χ2v) is 8.55. The summed E-state index contributed by atoms with van der Waals surface area (Å²) in [4.78, 5) is 26.0. The maximum absolute atomic E-state index is 12.5. The molecular formula is C17H23ClN2O6S. The lowest BCUT2D eigenvalue weighted by atomic mass is 10.1. The Balaban J connectivity index is 1.99. The average Bonchev–Trinajstić information content (AvgIpc) is 2.64. The van der Waals surface area contributed by atoms with Crippen LogP contribution in [0, 0.1) is 5.92 Å². The Hall–Kier alpha value is -1.68. The van der Waals surface area contributed by atoms with E-state index in [1.807, 2.05) is 0 Å². The van der Waals surface area contributed by atoms with Gasteiger partial charge in [0.05, 0.1) is 18.1 Å². The monoisotopic (exact) mass is 418 g/mol. The molecule has 1 aliphatic heterocycles. The number of benzene rings is 1. The molecule has 1 aromatic carbocycles. The number of amides is 1. The number of hydrogen-bond donors (Lipinski definition) is 1. The van der Waals surface area contributed by atoms with Gasteiger partial charge in [-0.1, -0.05) is 25.4 Å². The van der Waals surface area contributed by atoms with Gasteiger partial charge >= 0.3 is 5.97 Å². The van der Waals surface area contributed by atoms with E-state index in [2.05, 4.69) is 4.72 Å². The van der Waals surface area contributed by atoms with Crippen LogP contribution in [0.15, 0.2) is 29.2 Å². The molecule has 1 saturated heterocycles. The van der Waals surface area contributed by atoms with E-state index in [4.69, 9.17) is 21.1 Å². The van der Waals surface area contributed by atoms with Crippen LogP contribution in [-0.2, 0) is 29.1 Å². The summed E-state index contributed by atoms with van der Waals surface area (Å²) in [5.41, 5.74) is 0. The van der Waals surface area contributed by atoms with Gasteiger partial charge < -0.3 is 14.4 Å². The average molecular weight is 419 g/mol.